The summed E-state index contributed by atoms with van der Waals surface area (Å²) in [4.78, 5) is 0. The molecule has 1 atom stereocenters. The van der Waals surface area contributed by atoms with Crippen LogP contribution in [0.1, 0.15) is 49.7 Å². The highest BCUT2D eigenvalue weighted by Crippen LogP contribution is 2.17. The second-order valence-corrected chi connectivity index (χ2v) is 5.17. The number of aromatic nitrogens is 2. The third-order valence-corrected chi connectivity index (χ3v) is 3.53. The molecule has 0 fully saturated rings. The molecule has 1 unspecified atom stereocenters. The summed E-state index contributed by atoms with van der Waals surface area (Å²) >= 11 is 1.68. The van der Waals surface area contributed by atoms with E-state index in [1.807, 2.05) is 0 Å². The number of nitrogens with zero attached hydrogens (tertiary/aromatic N) is 2. The summed E-state index contributed by atoms with van der Waals surface area (Å²) in [6, 6.07) is 0.303. The van der Waals surface area contributed by atoms with Gasteiger partial charge in [0.1, 0.15) is 10.0 Å². The van der Waals surface area contributed by atoms with Crippen LogP contribution in [0, 0.1) is 0 Å². The van der Waals surface area contributed by atoms with Gasteiger partial charge in [-0.25, -0.2) is 0 Å². The maximum atomic E-state index is 5.44. The first-order valence-corrected chi connectivity index (χ1v) is 7.23. The van der Waals surface area contributed by atoms with E-state index in [-0.39, 0.29) is 0 Å². The van der Waals surface area contributed by atoms with Crippen LogP contribution in [0.2, 0.25) is 0 Å². The fourth-order valence-electron chi connectivity index (χ4n) is 1.40. The zero-order valence-electron chi connectivity index (χ0n) is 11.0. The van der Waals surface area contributed by atoms with Crippen LogP contribution in [0.15, 0.2) is 0 Å². The van der Waals surface area contributed by atoms with Crippen LogP contribution in [0.4, 0.5) is 0 Å². The van der Waals surface area contributed by atoms with E-state index in [2.05, 4.69) is 36.3 Å². The summed E-state index contributed by atoms with van der Waals surface area (Å²) in [7, 11) is 0. The van der Waals surface area contributed by atoms with Gasteiger partial charge < -0.3 is 10.1 Å². The Morgan fingerprint density at radius 1 is 1.24 bits per heavy atom. The number of nitrogens with one attached hydrogen (secondary N) is 1. The lowest BCUT2D eigenvalue weighted by atomic mass is 10.3. The van der Waals surface area contributed by atoms with Gasteiger partial charge in [-0.1, -0.05) is 25.2 Å². The van der Waals surface area contributed by atoms with Crippen molar-refractivity contribution in [2.45, 2.75) is 46.1 Å². The Bertz CT molecular complexity index is 304. The van der Waals surface area contributed by atoms with E-state index in [0.717, 1.165) is 49.0 Å². The number of ether oxygens (including phenoxy) is 1. The second kappa shape index (κ2) is 8.55. The first-order chi connectivity index (χ1) is 8.27. The zero-order valence-corrected chi connectivity index (χ0v) is 11.8. The predicted molar refractivity (Wildman–Crippen MR) is 71.4 cm³/mol. The van der Waals surface area contributed by atoms with E-state index in [0.29, 0.717) is 6.04 Å². The van der Waals surface area contributed by atoms with Gasteiger partial charge in [0, 0.05) is 13.0 Å². The first-order valence-electron chi connectivity index (χ1n) is 6.41. The summed E-state index contributed by atoms with van der Waals surface area (Å²) in [6.07, 6.45) is 3.08. The van der Waals surface area contributed by atoms with E-state index in [1.54, 1.807) is 11.3 Å². The molecule has 0 aromatic carbocycles. The van der Waals surface area contributed by atoms with Gasteiger partial charge in [0.05, 0.1) is 12.6 Å². The van der Waals surface area contributed by atoms with Crippen molar-refractivity contribution in [3.05, 3.63) is 10.0 Å². The van der Waals surface area contributed by atoms with Crippen molar-refractivity contribution in [2.75, 3.05) is 19.8 Å². The quantitative estimate of drug-likeness (QED) is 0.691. The highest BCUT2D eigenvalue weighted by Gasteiger charge is 2.10. The first kappa shape index (κ1) is 14.5. The Kier molecular flexibility index (Phi) is 7.32. The largest absolute Gasteiger partial charge is 0.381 e. The van der Waals surface area contributed by atoms with E-state index < -0.39 is 0 Å². The van der Waals surface area contributed by atoms with Crippen LogP contribution < -0.4 is 5.32 Å². The zero-order chi connectivity index (χ0) is 12.5. The molecular formula is C12H23N3OS. The molecule has 1 aromatic heterocycles. The summed E-state index contributed by atoms with van der Waals surface area (Å²) in [5, 5.41) is 14.0. The Balaban J connectivity index is 2.31. The Morgan fingerprint density at radius 3 is 2.76 bits per heavy atom. The average Bonchev–Trinajstić information content (AvgIpc) is 2.80. The van der Waals surface area contributed by atoms with Crippen molar-refractivity contribution >= 4 is 11.3 Å². The lowest BCUT2D eigenvalue weighted by Crippen LogP contribution is -2.19. The van der Waals surface area contributed by atoms with Crippen LogP contribution in [0.25, 0.3) is 0 Å². The van der Waals surface area contributed by atoms with Crippen molar-refractivity contribution in [1.82, 2.24) is 15.5 Å². The second-order valence-electron chi connectivity index (χ2n) is 4.07. The monoisotopic (exact) mass is 257 g/mol. The molecule has 1 aromatic rings. The predicted octanol–water partition coefficient (Wildman–Crippen LogP) is 2.57. The number of hydrogen-bond acceptors (Lipinski definition) is 5. The van der Waals surface area contributed by atoms with Crippen LogP contribution in [0.3, 0.4) is 0 Å². The van der Waals surface area contributed by atoms with E-state index >= 15 is 0 Å². The molecule has 5 heteroatoms. The molecule has 0 amide bonds. The van der Waals surface area contributed by atoms with Gasteiger partial charge in [0.2, 0.25) is 0 Å². The Hall–Kier alpha value is -0.520. The van der Waals surface area contributed by atoms with Crippen LogP contribution in [-0.2, 0) is 11.2 Å². The van der Waals surface area contributed by atoms with Gasteiger partial charge in [0.15, 0.2) is 0 Å². The third-order valence-electron chi connectivity index (χ3n) is 2.36. The van der Waals surface area contributed by atoms with Gasteiger partial charge >= 0.3 is 0 Å². The third kappa shape index (κ3) is 5.57. The average molecular weight is 257 g/mol. The molecule has 0 aliphatic heterocycles. The lowest BCUT2D eigenvalue weighted by Gasteiger charge is -2.08. The molecule has 0 saturated carbocycles. The molecule has 17 heavy (non-hydrogen) atoms. The summed E-state index contributed by atoms with van der Waals surface area (Å²) in [6.45, 7) is 9.02. The highest BCUT2D eigenvalue weighted by atomic mass is 32.1. The summed E-state index contributed by atoms with van der Waals surface area (Å²) in [5.41, 5.74) is 0. The van der Waals surface area contributed by atoms with Crippen LogP contribution in [0.5, 0.6) is 0 Å². The van der Waals surface area contributed by atoms with Crippen molar-refractivity contribution < 1.29 is 4.74 Å². The van der Waals surface area contributed by atoms with Crippen molar-refractivity contribution in [2.24, 2.45) is 0 Å². The standard InChI is InChI=1S/C12H23N3OS/c1-4-7-13-10(3)12-15-14-11(17-12)6-9-16-8-5-2/h10,13H,4-9H2,1-3H3. The molecule has 0 aliphatic carbocycles. The smallest absolute Gasteiger partial charge is 0.134 e. The van der Waals surface area contributed by atoms with Crippen molar-refractivity contribution in [3.63, 3.8) is 0 Å². The van der Waals surface area contributed by atoms with Gasteiger partial charge in [-0.2, -0.15) is 0 Å². The van der Waals surface area contributed by atoms with Gasteiger partial charge in [-0.15, -0.1) is 10.2 Å². The minimum atomic E-state index is 0.303. The van der Waals surface area contributed by atoms with Crippen LogP contribution >= 0.6 is 11.3 Å². The maximum Gasteiger partial charge on any atom is 0.134 e. The van der Waals surface area contributed by atoms with Gasteiger partial charge in [-0.05, 0) is 26.3 Å². The Labute approximate surface area is 108 Å². The molecule has 1 rings (SSSR count). The molecule has 0 radical (unpaired) electrons. The van der Waals surface area contributed by atoms with Gasteiger partial charge in [0.25, 0.3) is 0 Å². The van der Waals surface area contributed by atoms with E-state index in [9.17, 15) is 0 Å². The molecule has 0 aliphatic rings. The SMILES string of the molecule is CCCNC(C)c1nnc(CCOCCC)s1. The van der Waals surface area contributed by atoms with Gasteiger partial charge in [-0.3, -0.25) is 0 Å². The summed E-state index contributed by atoms with van der Waals surface area (Å²) in [5.74, 6) is 0. The molecule has 1 N–H and O–H groups in total. The minimum Gasteiger partial charge on any atom is -0.381 e. The number of rotatable bonds is 9. The molecule has 98 valence electrons. The van der Waals surface area contributed by atoms with Crippen LogP contribution in [-0.4, -0.2) is 30.0 Å². The van der Waals surface area contributed by atoms with E-state index in [1.165, 1.54) is 0 Å². The molecule has 0 saturated heterocycles. The van der Waals surface area contributed by atoms with E-state index in [4.69, 9.17) is 4.74 Å². The minimum absolute atomic E-state index is 0.303. The maximum absolute atomic E-state index is 5.44. The van der Waals surface area contributed by atoms with Crippen molar-refractivity contribution in [3.8, 4) is 0 Å². The fourth-order valence-corrected chi connectivity index (χ4v) is 2.25. The highest BCUT2D eigenvalue weighted by molar-refractivity contribution is 7.11. The fraction of sp³-hybridized carbons (Fsp3) is 0.833. The molecule has 0 spiro atoms. The number of hydrogen-bond donors (Lipinski definition) is 1. The Morgan fingerprint density at radius 2 is 2.06 bits per heavy atom. The molecule has 1 heterocycles. The molecular weight excluding hydrogens is 234 g/mol. The summed E-state index contributed by atoms with van der Waals surface area (Å²) < 4.78 is 5.44. The topological polar surface area (TPSA) is 47.0 Å². The molecule has 4 nitrogen and oxygen atoms in total. The normalized spacial score (nSPS) is 12.9. The molecule has 0 bridgehead atoms. The van der Waals surface area contributed by atoms with Crippen molar-refractivity contribution in [1.29, 1.82) is 0 Å². The lowest BCUT2D eigenvalue weighted by molar-refractivity contribution is 0.138.